The Labute approximate surface area is 352 Å². The number of benzene rings is 4. The number of aliphatic carboxylic acids is 1. The number of carbonyl (C=O) groups is 2. The number of carboxylic acids is 1. The van der Waals surface area contributed by atoms with E-state index in [0.717, 1.165) is 76.2 Å². The van der Waals surface area contributed by atoms with Crippen LogP contribution in [0.4, 0.5) is 0 Å². The Bertz CT molecular complexity index is 1740. The van der Waals surface area contributed by atoms with E-state index in [2.05, 4.69) is 91.2 Å². The van der Waals surface area contributed by atoms with Crippen LogP contribution in [0, 0.1) is 5.92 Å². The van der Waals surface area contributed by atoms with Gasteiger partial charge in [0.1, 0.15) is 29.6 Å². The Kier molecular flexibility index (Phi) is 20.8. The molecule has 2 fully saturated rings. The van der Waals surface area contributed by atoms with Crippen molar-refractivity contribution in [3.63, 3.8) is 0 Å². The molecule has 4 atom stereocenters. The first-order chi connectivity index (χ1) is 28.6. The Balaban J connectivity index is 0.000000215. The lowest BCUT2D eigenvalue weighted by molar-refractivity contribution is -0.139. The first-order valence-corrected chi connectivity index (χ1v) is 21.4. The van der Waals surface area contributed by atoms with Crippen molar-refractivity contribution in [3.05, 3.63) is 120 Å². The fraction of sp³-hybridized carbons (Fsp3) is 0.469. The first kappa shape index (κ1) is 46.8. The molecule has 0 bridgehead atoms. The minimum atomic E-state index is -0.985. The summed E-state index contributed by atoms with van der Waals surface area (Å²) >= 11 is 0. The van der Waals surface area contributed by atoms with E-state index in [9.17, 15) is 9.59 Å². The van der Waals surface area contributed by atoms with Gasteiger partial charge in [-0.1, -0.05) is 74.5 Å². The van der Waals surface area contributed by atoms with Crippen molar-refractivity contribution in [1.82, 2.24) is 9.80 Å². The lowest BCUT2D eigenvalue weighted by Gasteiger charge is -2.37. The van der Waals surface area contributed by atoms with Crippen LogP contribution in [0.1, 0.15) is 83.8 Å². The van der Waals surface area contributed by atoms with E-state index in [0.29, 0.717) is 55.2 Å². The van der Waals surface area contributed by atoms with Gasteiger partial charge < -0.3 is 29.8 Å². The van der Waals surface area contributed by atoms with Crippen molar-refractivity contribution < 1.29 is 33.6 Å². The lowest BCUT2D eigenvalue weighted by Crippen LogP contribution is -2.44. The zero-order valence-electron chi connectivity index (χ0n) is 35.7. The number of nitrogens with zero attached hydrogens (tertiary/aromatic N) is 2. The van der Waals surface area contributed by atoms with Gasteiger partial charge in [-0.15, -0.1) is 0 Å². The molecule has 2 aliphatic heterocycles. The van der Waals surface area contributed by atoms with Crippen molar-refractivity contribution in [1.29, 1.82) is 0 Å². The van der Waals surface area contributed by atoms with Crippen LogP contribution in [-0.4, -0.2) is 84.3 Å². The summed E-state index contributed by atoms with van der Waals surface area (Å²) in [5, 5.41) is 8.40. The van der Waals surface area contributed by atoms with E-state index in [4.69, 9.17) is 29.8 Å². The smallest absolute Gasteiger partial charge is 0.341 e. The predicted octanol–water partition coefficient (Wildman–Crippen LogP) is 9.05. The Morgan fingerprint density at radius 3 is 1.46 bits per heavy atom. The third-order valence-corrected chi connectivity index (χ3v) is 10.5. The topological polar surface area (TPSA) is 124 Å². The molecule has 0 radical (unpaired) electrons. The maximum absolute atomic E-state index is 12.4. The Morgan fingerprint density at radius 1 is 0.610 bits per heavy atom. The average molecular weight is 810 g/mol. The van der Waals surface area contributed by atoms with Gasteiger partial charge in [-0.25, -0.2) is 4.79 Å². The van der Waals surface area contributed by atoms with Gasteiger partial charge in [0.2, 0.25) is 0 Å². The number of Topliss-reactive ketones (excluding diaryl/α,β-unsaturated/α-hetero) is 1. The molecular weight excluding hydrogens is 743 g/mol. The summed E-state index contributed by atoms with van der Waals surface area (Å²) in [5.74, 6) is 2.50. The highest BCUT2D eigenvalue weighted by Gasteiger charge is 2.27. The van der Waals surface area contributed by atoms with E-state index in [-0.39, 0.29) is 19.0 Å². The highest BCUT2D eigenvalue weighted by molar-refractivity contribution is 5.80. The van der Waals surface area contributed by atoms with Crippen LogP contribution in [0.5, 0.6) is 23.0 Å². The number of hydrogen-bond donors (Lipinski definition) is 2. The second-order valence-corrected chi connectivity index (χ2v) is 15.6. The molecule has 2 saturated heterocycles. The molecule has 4 aromatic rings. The number of rotatable bonds is 18. The zero-order valence-corrected chi connectivity index (χ0v) is 35.7. The largest absolute Gasteiger partial charge is 0.494 e. The monoisotopic (exact) mass is 809 g/mol. The second-order valence-electron chi connectivity index (χ2n) is 15.6. The number of piperidine rings is 2. The summed E-state index contributed by atoms with van der Waals surface area (Å²) in [6, 6.07) is 37.2. The highest BCUT2D eigenvalue weighted by Crippen LogP contribution is 2.27. The lowest BCUT2D eigenvalue weighted by atomic mass is 9.87. The Morgan fingerprint density at radius 2 is 1.03 bits per heavy atom. The fourth-order valence-electron chi connectivity index (χ4n) is 7.26. The molecule has 0 saturated carbocycles. The fourth-order valence-corrected chi connectivity index (χ4v) is 7.26. The Hall–Kier alpha value is -4.90. The molecule has 0 amide bonds. The van der Waals surface area contributed by atoms with Crippen LogP contribution in [0.3, 0.4) is 0 Å². The van der Waals surface area contributed by atoms with Crippen LogP contribution in [0.15, 0.2) is 109 Å². The second kappa shape index (κ2) is 26.3. The normalized spacial score (nSPS) is 19.2. The maximum atomic E-state index is 12.4. The number of likely N-dealkylation sites (tertiary alicyclic amines) is 2. The molecule has 320 valence electrons. The van der Waals surface area contributed by atoms with Crippen LogP contribution >= 0.6 is 0 Å². The summed E-state index contributed by atoms with van der Waals surface area (Å²) in [6.07, 6.45) is 6.97. The molecule has 3 N–H and O–H groups in total. The third-order valence-electron chi connectivity index (χ3n) is 10.5. The van der Waals surface area contributed by atoms with Gasteiger partial charge in [-0.05, 0) is 124 Å². The predicted molar refractivity (Wildman–Crippen MR) is 235 cm³/mol. The molecule has 0 aliphatic carbocycles. The third kappa shape index (κ3) is 18.3. The molecule has 10 nitrogen and oxygen atoms in total. The molecular formula is C49H67N3O7. The van der Waals surface area contributed by atoms with E-state index in [1.54, 1.807) is 24.3 Å². The van der Waals surface area contributed by atoms with Crippen molar-refractivity contribution >= 4 is 11.8 Å². The van der Waals surface area contributed by atoms with E-state index >= 15 is 0 Å². The van der Waals surface area contributed by atoms with E-state index in [1.807, 2.05) is 31.2 Å². The number of hydrogen-bond acceptors (Lipinski definition) is 9. The van der Waals surface area contributed by atoms with E-state index < -0.39 is 5.97 Å². The van der Waals surface area contributed by atoms with Gasteiger partial charge in [0, 0.05) is 44.2 Å². The number of ether oxygens (including phenoxy) is 4. The van der Waals surface area contributed by atoms with Crippen LogP contribution in [0.25, 0.3) is 0 Å². The van der Waals surface area contributed by atoms with Crippen molar-refractivity contribution in [3.8, 4) is 23.0 Å². The van der Waals surface area contributed by atoms with Crippen molar-refractivity contribution in [2.24, 2.45) is 11.7 Å². The van der Waals surface area contributed by atoms with Crippen LogP contribution in [-0.2, 0) is 22.7 Å². The quantitative estimate of drug-likeness (QED) is 0.101. The maximum Gasteiger partial charge on any atom is 0.341 e. The van der Waals surface area contributed by atoms with Crippen LogP contribution in [0.2, 0.25) is 0 Å². The molecule has 10 heteroatoms. The van der Waals surface area contributed by atoms with Gasteiger partial charge in [-0.3, -0.25) is 14.6 Å². The summed E-state index contributed by atoms with van der Waals surface area (Å²) in [7, 11) is 0. The van der Waals surface area contributed by atoms with Crippen molar-refractivity contribution in [2.45, 2.75) is 104 Å². The summed E-state index contributed by atoms with van der Waals surface area (Å²) in [6.45, 7) is 14.1. The van der Waals surface area contributed by atoms with Gasteiger partial charge in [0.25, 0.3) is 0 Å². The van der Waals surface area contributed by atoms with Crippen LogP contribution < -0.4 is 24.7 Å². The molecule has 0 spiro atoms. The standard InChI is InChI=1S/C25H33NO3.C13H20N2.C11H14O4/c1-3-15-28-24-9-11-25(12-10-24)29-19-23(27)17-22-13-14-26(20(2)16-22)18-21-7-5-4-6-8-21;1-11-9-13(14)7-8-15(11)10-12-5-3-2-4-6-12;1-2-7-14-9-3-5-10(6-4-9)15-8-11(12)13/h4-12,20,22H,3,13-19H2,1-2H3;2-6,11,13H,7-10,14H2,1H3;3-6H,2,7-8H2,1H3,(H,12,13). The van der Waals surface area contributed by atoms with Crippen molar-refractivity contribution in [2.75, 3.05) is 39.5 Å². The molecule has 4 aromatic carbocycles. The first-order valence-electron chi connectivity index (χ1n) is 21.4. The number of nitrogens with two attached hydrogens (primary N) is 1. The van der Waals surface area contributed by atoms with E-state index in [1.165, 1.54) is 11.1 Å². The van der Waals surface area contributed by atoms with Gasteiger partial charge in [0.05, 0.1) is 13.2 Å². The minimum Gasteiger partial charge on any atom is -0.494 e. The highest BCUT2D eigenvalue weighted by atomic mass is 16.5. The molecule has 4 unspecified atom stereocenters. The molecule has 2 aliphatic rings. The number of carboxylic acid groups (broad SMARTS) is 1. The number of ketones is 1. The summed E-state index contributed by atoms with van der Waals surface area (Å²) < 4.78 is 21.6. The van der Waals surface area contributed by atoms with Gasteiger partial charge >= 0.3 is 5.97 Å². The van der Waals surface area contributed by atoms with Gasteiger partial charge in [-0.2, -0.15) is 0 Å². The molecule has 6 rings (SSSR count). The minimum absolute atomic E-state index is 0.147. The number of carbonyl (C=O) groups excluding carboxylic acids is 1. The zero-order chi connectivity index (χ0) is 42.2. The summed E-state index contributed by atoms with van der Waals surface area (Å²) in [4.78, 5) is 27.7. The summed E-state index contributed by atoms with van der Waals surface area (Å²) in [5.41, 5.74) is 8.71. The molecule has 2 heterocycles. The van der Waals surface area contributed by atoms with Gasteiger partial charge in [0.15, 0.2) is 12.4 Å². The molecule has 0 aromatic heterocycles. The average Bonchev–Trinajstić information content (AvgIpc) is 3.24. The SMILES string of the molecule is CC1CC(N)CCN1Cc1ccccc1.CCCOc1ccc(OCC(=O)CC2CCN(Cc3ccccc3)C(C)C2)cc1.CCCOc1ccc(OCC(=O)O)cc1. The molecule has 59 heavy (non-hydrogen) atoms.